The van der Waals surface area contributed by atoms with Crippen LogP contribution in [0.25, 0.3) is 0 Å². The molecule has 4 heteroatoms. The van der Waals surface area contributed by atoms with Gasteiger partial charge in [0.15, 0.2) is 0 Å². The fourth-order valence-electron chi connectivity index (χ4n) is 1.88. The van der Waals surface area contributed by atoms with Crippen LogP contribution < -0.4 is 10.6 Å². The Morgan fingerprint density at radius 1 is 1.42 bits per heavy atom. The van der Waals surface area contributed by atoms with Crippen LogP contribution in [0.5, 0.6) is 0 Å². The molecule has 4 nitrogen and oxygen atoms in total. The predicted octanol–water partition coefficient (Wildman–Crippen LogP) is -0.343. The molecule has 66 valence electrons. The van der Waals surface area contributed by atoms with E-state index in [9.17, 15) is 4.79 Å². The number of hydrogen-bond donors (Lipinski definition) is 2. The summed E-state index contributed by atoms with van der Waals surface area (Å²) in [4.78, 5) is 15.4. The van der Waals surface area contributed by atoms with Crippen molar-refractivity contribution in [2.24, 2.45) is 4.99 Å². The van der Waals surface area contributed by atoms with Crippen LogP contribution in [-0.4, -0.2) is 30.4 Å². The first-order valence-corrected chi connectivity index (χ1v) is 4.32. The number of hydrogen-bond acceptors (Lipinski definition) is 3. The first kappa shape index (κ1) is 7.73. The maximum absolute atomic E-state index is 11.5. The molecule has 0 aromatic rings. The minimum Gasteiger partial charge on any atom is -0.359 e. The summed E-state index contributed by atoms with van der Waals surface area (Å²) in [5, 5.41) is 6.41. The molecule has 0 aliphatic carbocycles. The van der Waals surface area contributed by atoms with Crippen LogP contribution in [0.4, 0.5) is 0 Å². The highest BCUT2D eigenvalue weighted by atomic mass is 16.2. The van der Waals surface area contributed by atoms with E-state index in [4.69, 9.17) is 0 Å². The number of aliphatic imine (C=N–C) groups is 1. The van der Waals surface area contributed by atoms with E-state index >= 15 is 0 Å². The summed E-state index contributed by atoms with van der Waals surface area (Å²) in [6.07, 6.45) is 1.71. The largest absolute Gasteiger partial charge is 0.359 e. The number of carbonyl (C=O) groups excluding carboxylic acids is 1. The van der Waals surface area contributed by atoms with E-state index in [1.54, 1.807) is 0 Å². The van der Waals surface area contributed by atoms with Gasteiger partial charge in [0, 0.05) is 0 Å². The van der Waals surface area contributed by atoms with Crippen molar-refractivity contribution in [3.8, 4) is 0 Å². The number of amides is 1. The number of rotatable bonds is 0. The number of amidine groups is 1. The Morgan fingerprint density at radius 2 is 2.08 bits per heavy atom. The van der Waals surface area contributed by atoms with Crippen molar-refractivity contribution in [2.75, 3.05) is 13.1 Å². The summed E-state index contributed by atoms with van der Waals surface area (Å²) >= 11 is 0. The third-order valence-electron chi connectivity index (χ3n) is 2.56. The fourth-order valence-corrected chi connectivity index (χ4v) is 1.88. The maximum Gasteiger partial charge on any atom is 0.273 e. The molecular formula is C8H13N3O. The molecular weight excluding hydrogens is 154 g/mol. The molecule has 0 unspecified atom stereocenters. The molecule has 2 aliphatic rings. The van der Waals surface area contributed by atoms with Gasteiger partial charge in [-0.25, -0.2) is 0 Å². The highest BCUT2D eigenvalue weighted by Gasteiger charge is 2.43. The van der Waals surface area contributed by atoms with Gasteiger partial charge < -0.3 is 10.6 Å². The monoisotopic (exact) mass is 167 g/mol. The Hall–Kier alpha value is -0.900. The summed E-state index contributed by atoms with van der Waals surface area (Å²) < 4.78 is 0. The van der Waals surface area contributed by atoms with Crippen LogP contribution in [0.15, 0.2) is 4.99 Å². The van der Waals surface area contributed by atoms with Crippen molar-refractivity contribution < 1.29 is 4.79 Å². The zero-order valence-electron chi connectivity index (χ0n) is 7.18. The molecule has 2 rings (SSSR count). The van der Waals surface area contributed by atoms with Gasteiger partial charge >= 0.3 is 0 Å². The Labute approximate surface area is 71.4 Å². The lowest BCUT2D eigenvalue weighted by atomic mass is 9.88. The molecule has 1 saturated heterocycles. The number of piperidine rings is 1. The standard InChI is InChI=1S/C8H13N3O/c1-6-10-7(12)8(11-6)2-4-9-5-3-8/h9H,2-5H2,1H3,(H,10,11,12). The zero-order chi connectivity index (χ0) is 8.60. The quantitative estimate of drug-likeness (QED) is 0.519. The normalized spacial score (nSPS) is 27.1. The molecule has 2 aliphatic heterocycles. The molecule has 0 aromatic carbocycles. The van der Waals surface area contributed by atoms with E-state index in [2.05, 4.69) is 15.6 Å². The second kappa shape index (κ2) is 2.55. The Kier molecular flexibility index (Phi) is 1.65. The van der Waals surface area contributed by atoms with Gasteiger partial charge in [-0.15, -0.1) is 0 Å². The zero-order valence-corrected chi connectivity index (χ0v) is 7.18. The lowest BCUT2D eigenvalue weighted by molar-refractivity contribution is -0.123. The topological polar surface area (TPSA) is 53.5 Å². The molecule has 1 fully saturated rings. The van der Waals surface area contributed by atoms with Crippen LogP contribution >= 0.6 is 0 Å². The molecule has 0 aromatic heterocycles. The van der Waals surface area contributed by atoms with Gasteiger partial charge in [0.2, 0.25) is 0 Å². The van der Waals surface area contributed by atoms with Crippen molar-refractivity contribution in [1.82, 2.24) is 10.6 Å². The molecule has 1 spiro atoms. The van der Waals surface area contributed by atoms with Crippen LogP contribution in [0.1, 0.15) is 19.8 Å². The van der Waals surface area contributed by atoms with Crippen molar-refractivity contribution in [1.29, 1.82) is 0 Å². The molecule has 0 radical (unpaired) electrons. The van der Waals surface area contributed by atoms with Crippen LogP contribution in [0, 0.1) is 0 Å². The maximum atomic E-state index is 11.5. The summed E-state index contributed by atoms with van der Waals surface area (Å²) in [5.41, 5.74) is -0.352. The van der Waals surface area contributed by atoms with E-state index in [0.717, 1.165) is 31.8 Å². The molecule has 1 amide bonds. The average Bonchev–Trinajstić information content (AvgIpc) is 2.29. The second-order valence-corrected chi connectivity index (χ2v) is 3.46. The summed E-state index contributed by atoms with van der Waals surface area (Å²) in [6, 6.07) is 0. The van der Waals surface area contributed by atoms with Crippen LogP contribution in [0.3, 0.4) is 0 Å². The molecule has 0 saturated carbocycles. The van der Waals surface area contributed by atoms with E-state index in [-0.39, 0.29) is 11.4 Å². The smallest absolute Gasteiger partial charge is 0.273 e. The molecule has 12 heavy (non-hydrogen) atoms. The molecule has 2 N–H and O–H groups in total. The molecule has 0 atom stereocenters. The SMILES string of the molecule is CC1=NC(=O)C2(CCNCC2)N1. The number of nitrogens with zero attached hydrogens (tertiary/aromatic N) is 1. The Bertz CT molecular complexity index is 241. The highest BCUT2D eigenvalue weighted by Crippen LogP contribution is 2.23. The van der Waals surface area contributed by atoms with E-state index in [0.29, 0.717) is 0 Å². The van der Waals surface area contributed by atoms with E-state index in [1.807, 2.05) is 6.92 Å². The lowest BCUT2D eigenvalue weighted by Gasteiger charge is -2.31. The minimum atomic E-state index is -0.352. The highest BCUT2D eigenvalue weighted by molar-refractivity contribution is 6.05. The average molecular weight is 167 g/mol. The summed E-state index contributed by atoms with van der Waals surface area (Å²) in [6.45, 7) is 3.65. The fraction of sp³-hybridized carbons (Fsp3) is 0.750. The third-order valence-corrected chi connectivity index (χ3v) is 2.56. The van der Waals surface area contributed by atoms with Crippen molar-refractivity contribution in [3.05, 3.63) is 0 Å². The Morgan fingerprint density at radius 3 is 2.58 bits per heavy atom. The van der Waals surface area contributed by atoms with Crippen molar-refractivity contribution in [3.63, 3.8) is 0 Å². The van der Waals surface area contributed by atoms with Crippen molar-refractivity contribution in [2.45, 2.75) is 25.3 Å². The van der Waals surface area contributed by atoms with Gasteiger partial charge in [-0.1, -0.05) is 0 Å². The van der Waals surface area contributed by atoms with Gasteiger partial charge in [-0.3, -0.25) is 4.79 Å². The molecule has 0 bridgehead atoms. The van der Waals surface area contributed by atoms with Gasteiger partial charge in [0.05, 0.1) is 0 Å². The van der Waals surface area contributed by atoms with Gasteiger partial charge in [0.25, 0.3) is 5.91 Å². The van der Waals surface area contributed by atoms with Gasteiger partial charge in [-0.2, -0.15) is 4.99 Å². The number of nitrogens with one attached hydrogen (secondary N) is 2. The second-order valence-electron chi connectivity index (χ2n) is 3.46. The summed E-state index contributed by atoms with van der Waals surface area (Å²) in [7, 11) is 0. The molecule has 2 heterocycles. The number of carbonyl (C=O) groups is 1. The van der Waals surface area contributed by atoms with E-state index < -0.39 is 0 Å². The van der Waals surface area contributed by atoms with Crippen LogP contribution in [-0.2, 0) is 4.79 Å². The van der Waals surface area contributed by atoms with Crippen LogP contribution in [0.2, 0.25) is 0 Å². The lowest BCUT2D eigenvalue weighted by Crippen LogP contribution is -2.54. The van der Waals surface area contributed by atoms with Crippen molar-refractivity contribution >= 4 is 11.7 Å². The predicted molar refractivity (Wildman–Crippen MR) is 46.1 cm³/mol. The minimum absolute atomic E-state index is 0.0153. The first-order chi connectivity index (χ1) is 5.73. The first-order valence-electron chi connectivity index (χ1n) is 4.32. The van der Waals surface area contributed by atoms with Gasteiger partial charge in [-0.05, 0) is 32.9 Å². The van der Waals surface area contributed by atoms with Gasteiger partial charge in [0.1, 0.15) is 11.4 Å². The summed E-state index contributed by atoms with van der Waals surface area (Å²) in [5.74, 6) is 0.781. The van der Waals surface area contributed by atoms with E-state index in [1.165, 1.54) is 0 Å². The Balaban J connectivity index is 2.17. The third kappa shape index (κ3) is 1.03.